The molecule has 0 aromatic heterocycles. The van der Waals surface area contributed by atoms with E-state index in [2.05, 4.69) is 46.0 Å². The molecular formula is C54H65F2N17O9S. The van der Waals surface area contributed by atoms with Gasteiger partial charge in [0.2, 0.25) is 5.91 Å². The Morgan fingerprint density at radius 2 is 1.20 bits per heavy atom. The van der Waals surface area contributed by atoms with Crippen molar-refractivity contribution in [1.29, 1.82) is 0 Å². The number of carbonyl (C=O) groups is 5. The highest BCUT2D eigenvalue weighted by atomic mass is 32.1. The Kier molecular flexibility index (Phi) is 19.5. The number of aliphatic hydroxyl groups is 1. The molecule has 26 nitrogen and oxygen atoms in total. The molecule has 7 aliphatic heterocycles. The quantitative estimate of drug-likeness (QED) is 0.101. The maximum Gasteiger partial charge on any atom is 0.414 e. The highest BCUT2D eigenvalue weighted by Gasteiger charge is 2.36. The predicted octanol–water partition coefficient (Wildman–Crippen LogP) is 3.94. The minimum Gasteiger partial charge on any atom is -0.442 e. The summed E-state index contributed by atoms with van der Waals surface area (Å²) in [6.07, 6.45) is 6.09. The van der Waals surface area contributed by atoms with Crippen LogP contribution in [0.2, 0.25) is 0 Å². The van der Waals surface area contributed by atoms with Gasteiger partial charge in [0.25, 0.3) is 5.91 Å². The van der Waals surface area contributed by atoms with E-state index in [1.54, 1.807) is 39.9 Å². The Bertz CT molecular complexity index is 3100. The molecule has 0 bridgehead atoms. The number of hydrogen-bond acceptors (Lipinski definition) is 20. The zero-order chi connectivity index (χ0) is 59.4. The number of amides is 5. The number of ether oxygens (including phenoxy) is 3. The molecule has 29 heteroatoms. The van der Waals surface area contributed by atoms with Crippen molar-refractivity contribution in [2.24, 2.45) is 20.3 Å². The number of nitrogens with zero attached hydrogens (tertiary/aromatic N) is 14. The molecule has 0 aliphatic carbocycles. The van der Waals surface area contributed by atoms with Crippen molar-refractivity contribution in [3.63, 3.8) is 0 Å². The zero-order valence-corrected chi connectivity index (χ0v) is 47.2. The summed E-state index contributed by atoms with van der Waals surface area (Å²) in [5.41, 5.74) is 1.72. The van der Waals surface area contributed by atoms with Gasteiger partial charge >= 0.3 is 24.9 Å². The van der Waals surface area contributed by atoms with Gasteiger partial charge in [-0.3, -0.25) is 39.1 Å². The third kappa shape index (κ3) is 15.9. The molecule has 3 aromatic carbocycles. The molecule has 440 valence electrons. The molecule has 3 atom stereocenters. The van der Waals surface area contributed by atoms with E-state index in [1.165, 1.54) is 66.3 Å². The van der Waals surface area contributed by atoms with Crippen LogP contribution in [0.15, 0.2) is 93.1 Å². The summed E-state index contributed by atoms with van der Waals surface area (Å²) in [5, 5.41) is 35.6. The molecule has 7 heterocycles. The number of aliphatic imine (C=N–C) groups is 1. The summed E-state index contributed by atoms with van der Waals surface area (Å²) < 4.78 is 45.3. The van der Waals surface area contributed by atoms with Crippen molar-refractivity contribution in [3.8, 4) is 0 Å². The lowest BCUT2D eigenvalue weighted by Gasteiger charge is -2.31. The Morgan fingerprint density at radius 1 is 0.699 bits per heavy atom. The summed E-state index contributed by atoms with van der Waals surface area (Å²) in [6, 6.07) is 16.8. The standard InChI is InChI=1S/C19H24FN5O5.C18H22N6O2.C17H19FN6O2S/c1-12(26)21-9-14-10-24(18(28)30-14)13-4-5-16(15(20)8-13)23-6-7-25(22-11-23)17(27)19(2,3)29;1-22-9-10-23(13-21-22)14-4-6-15(7-5-14)24-12-16(26-18(24)25)11-20-17-3-2-8-19-17;1-12(27)20-8-14-9-24(17(25)26-14)13-3-4-16(15(18)7-13)22-5-6-23(10-19-2)21-11-22/h4-5,8,11,14,29H,6-7,9-10H2,1-3H3,(H,21,26);2-7,13,16H,8-12H2,1H3,(H,19,20);3-4,7,11,14H,5-6,8-10H2,1H3,(H,20,27)/t14-;16-;14-/m000/s1. The lowest BCUT2D eigenvalue weighted by atomic mass is 10.1. The van der Waals surface area contributed by atoms with Crippen LogP contribution < -0.4 is 45.3 Å². The Morgan fingerprint density at radius 3 is 1.66 bits per heavy atom. The van der Waals surface area contributed by atoms with Crippen LogP contribution in [0.5, 0.6) is 0 Å². The number of anilines is 6. The lowest BCUT2D eigenvalue weighted by Crippen LogP contribution is -2.48. The van der Waals surface area contributed by atoms with Gasteiger partial charge < -0.3 is 50.0 Å². The van der Waals surface area contributed by atoms with Gasteiger partial charge in [0.1, 0.15) is 60.4 Å². The summed E-state index contributed by atoms with van der Waals surface area (Å²) in [7, 11) is 1.96. The first-order chi connectivity index (χ1) is 39.7. The van der Waals surface area contributed by atoms with E-state index in [4.69, 9.17) is 33.0 Å². The second-order valence-electron chi connectivity index (χ2n) is 20.2. The van der Waals surface area contributed by atoms with Crippen molar-refractivity contribution in [2.75, 3.05) is 128 Å². The van der Waals surface area contributed by atoms with Gasteiger partial charge in [-0.2, -0.15) is 15.3 Å². The van der Waals surface area contributed by atoms with Gasteiger partial charge in [0, 0.05) is 45.0 Å². The minimum atomic E-state index is -1.55. The first kappa shape index (κ1) is 59.9. The third-order valence-electron chi connectivity index (χ3n) is 13.4. The average Bonchev–Trinajstić information content (AvgIpc) is 4.51. The molecule has 4 N–H and O–H groups in total. The molecule has 3 saturated heterocycles. The van der Waals surface area contributed by atoms with Crippen molar-refractivity contribution < 1.29 is 52.1 Å². The predicted molar refractivity (Wildman–Crippen MR) is 313 cm³/mol. The Balaban J connectivity index is 0.000000163. The van der Waals surface area contributed by atoms with E-state index in [9.17, 15) is 37.9 Å². The van der Waals surface area contributed by atoms with Crippen molar-refractivity contribution in [1.82, 2.24) is 31.0 Å². The van der Waals surface area contributed by atoms with Gasteiger partial charge in [-0.15, -0.1) is 0 Å². The number of amidine groups is 1. The SMILES string of the molecule is CC(=O)NC[C@H]1CN(c2ccc(N3C=NN(C(=O)C(C)(C)O)CC3)c(F)c2)C(=O)O1.CN1CCN(c2ccc(N3C[C@H](CNC4=NCC=C4)OC3=O)cc2)C=N1.[C-]#[N+]CN1CCN(c2ccc(N3C[C@H](CNC(C)=S)OC3=O)cc2F)C=N1. The topological polar surface area (TPSA) is 252 Å². The molecule has 7 aliphatic rings. The van der Waals surface area contributed by atoms with Crippen LogP contribution in [0.1, 0.15) is 27.7 Å². The first-order valence-corrected chi connectivity index (χ1v) is 27.0. The zero-order valence-electron chi connectivity index (χ0n) is 46.4. The van der Waals surface area contributed by atoms with E-state index in [1.807, 2.05) is 54.8 Å². The Labute approximate surface area is 483 Å². The molecule has 83 heavy (non-hydrogen) atoms. The number of benzene rings is 3. The van der Waals surface area contributed by atoms with Crippen molar-refractivity contribution in [2.45, 2.75) is 51.6 Å². The number of cyclic esters (lactones) is 3. The summed E-state index contributed by atoms with van der Waals surface area (Å²) in [4.78, 5) is 77.3. The van der Waals surface area contributed by atoms with Gasteiger partial charge in [-0.1, -0.05) is 18.3 Å². The largest absolute Gasteiger partial charge is 0.442 e. The molecule has 0 radical (unpaired) electrons. The fourth-order valence-corrected chi connectivity index (χ4v) is 9.09. The summed E-state index contributed by atoms with van der Waals surface area (Å²) >= 11 is 4.95. The maximum atomic E-state index is 14.8. The number of halogens is 2. The van der Waals surface area contributed by atoms with Gasteiger partial charge in [0.05, 0.1) is 93.2 Å². The number of nitrogens with one attached hydrogen (secondary N) is 3. The number of likely N-dealkylation sites (N-methyl/N-ethyl adjacent to an activating group) is 1. The van der Waals surface area contributed by atoms with Crippen molar-refractivity contribution in [3.05, 3.63) is 95.9 Å². The van der Waals surface area contributed by atoms with E-state index in [-0.39, 0.29) is 62.7 Å². The number of carbonyl (C=O) groups excluding carboxylic acids is 5. The third-order valence-corrected chi connectivity index (χ3v) is 13.6. The van der Waals surface area contributed by atoms with Crippen LogP contribution in [-0.4, -0.2) is 203 Å². The smallest absolute Gasteiger partial charge is 0.414 e. The minimum absolute atomic E-state index is 0.182. The van der Waals surface area contributed by atoms with Crippen LogP contribution >= 0.6 is 12.2 Å². The molecule has 10 rings (SSSR count). The molecule has 0 saturated carbocycles. The molecule has 3 aromatic rings. The van der Waals surface area contributed by atoms with E-state index in [0.29, 0.717) is 67.9 Å². The van der Waals surface area contributed by atoms with E-state index >= 15 is 0 Å². The fourth-order valence-electron chi connectivity index (χ4n) is 9.00. The molecular weight excluding hydrogens is 1100 g/mol. The van der Waals surface area contributed by atoms with Crippen LogP contribution in [0.3, 0.4) is 0 Å². The van der Waals surface area contributed by atoms with Gasteiger partial charge in [-0.25, -0.2) is 39.8 Å². The van der Waals surface area contributed by atoms with Crippen LogP contribution in [0.4, 0.5) is 57.3 Å². The number of hydrogen-bond donors (Lipinski definition) is 4. The van der Waals surface area contributed by atoms with Gasteiger partial charge in [-0.05, 0) is 87.5 Å². The molecule has 0 unspecified atom stereocenters. The van der Waals surface area contributed by atoms with Crippen molar-refractivity contribution >= 4 is 106 Å². The fraction of sp³-hybridized carbons (Fsp3) is 0.426. The summed E-state index contributed by atoms with van der Waals surface area (Å²) in [6.45, 7) is 19.1. The lowest BCUT2D eigenvalue weighted by molar-refractivity contribution is -0.147. The van der Waals surface area contributed by atoms with E-state index in [0.717, 1.165) is 35.3 Å². The molecule has 0 spiro atoms. The maximum absolute atomic E-state index is 14.8. The van der Waals surface area contributed by atoms with Crippen LogP contribution in [0.25, 0.3) is 4.85 Å². The molecule has 5 amide bonds. The van der Waals surface area contributed by atoms with Gasteiger partial charge in [0.15, 0.2) is 0 Å². The molecule has 3 fully saturated rings. The highest BCUT2D eigenvalue weighted by molar-refractivity contribution is 7.80. The highest BCUT2D eigenvalue weighted by Crippen LogP contribution is 2.31. The first-order valence-electron chi connectivity index (χ1n) is 26.6. The monoisotopic (exact) mass is 1170 g/mol. The normalized spacial score (nSPS) is 20.0. The second kappa shape index (κ2) is 27.1. The average molecular weight is 1170 g/mol. The Hall–Kier alpha value is -9.17. The van der Waals surface area contributed by atoms with Crippen LogP contribution in [0, 0.1) is 18.2 Å². The van der Waals surface area contributed by atoms with E-state index < -0.39 is 41.4 Å². The van der Waals surface area contributed by atoms with Crippen LogP contribution in [-0.2, 0) is 23.8 Å². The summed E-state index contributed by atoms with van der Waals surface area (Å²) in [5.74, 6) is -0.958. The number of rotatable bonds is 14. The second-order valence-corrected chi connectivity index (χ2v) is 20.8. The number of thiocarbonyl (C=S) groups is 1. The number of hydrazone groups is 3.